The van der Waals surface area contributed by atoms with Crippen LogP contribution in [0.15, 0.2) is 12.2 Å². The smallest absolute Gasteiger partial charge is 0.170 e. The third kappa shape index (κ3) is 4.96. The van der Waals surface area contributed by atoms with Gasteiger partial charge in [0.15, 0.2) is 6.29 Å². The van der Waals surface area contributed by atoms with Crippen molar-refractivity contribution >= 4 is 0 Å². The average Bonchev–Trinajstić information content (AvgIpc) is 3.62. The molecule has 2 N–H and O–H groups in total. The first-order chi connectivity index (χ1) is 23.0. The van der Waals surface area contributed by atoms with Crippen LogP contribution < -0.4 is 0 Å². The number of rotatable bonds is 8. The van der Waals surface area contributed by atoms with Crippen molar-refractivity contribution in [3.8, 4) is 0 Å². The zero-order chi connectivity index (χ0) is 34.9. The van der Waals surface area contributed by atoms with Crippen molar-refractivity contribution in [1.82, 2.24) is 4.90 Å². The molecule has 278 valence electrons. The highest BCUT2D eigenvalue weighted by atomic mass is 16.7. The topological polar surface area (TPSA) is 89.9 Å². The number of ether oxygens (including phenoxy) is 5. The lowest BCUT2D eigenvalue weighted by Gasteiger charge is -2.64. The number of aliphatic hydroxyl groups excluding tert-OH is 1. The molecule has 5 aliphatic carbocycles. The molecule has 0 aromatic rings. The zero-order valence-electron chi connectivity index (χ0n) is 31.8. The average molecular weight is 686 g/mol. The van der Waals surface area contributed by atoms with E-state index in [1.165, 1.54) is 32.1 Å². The predicted molar refractivity (Wildman–Crippen MR) is 188 cm³/mol. The van der Waals surface area contributed by atoms with Crippen LogP contribution in [0.1, 0.15) is 107 Å². The lowest BCUT2D eigenvalue weighted by Crippen LogP contribution is -2.60. The van der Waals surface area contributed by atoms with E-state index in [2.05, 4.69) is 46.1 Å². The second kappa shape index (κ2) is 11.7. The van der Waals surface area contributed by atoms with Gasteiger partial charge >= 0.3 is 0 Å². The molecule has 3 heterocycles. The molecule has 0 amide bonds. The van der Waals surface area contributed by atoms with Crippen LogP contribution in [0.4, 0.5) is 0 Å². The first kappa shape index (κ1) is 35.4. The zero-order valence-corrected chi connectivity index (χ0v) is 31.8. The van der Waals surface area contributed by atoms with Gasteiger partial charge in [-0.05, 0) is 117 Å². The molecule has 0 radical (unpaired) electrons. The summed E-state index contributed by atoms with van der Waals surface area (Å²) in [6.07, 6.45) is 7.78. The maximum Gasteiger partial charge on any atom is 0.170 e. The van der Waals surface area contributed by atoms with Crippen molar-refractivity contribution in [3.05, 3.63) is 12.2 Å². The number of fused-ring (bicyclic) bond motifs is 4. The fourth-order valence-corrected chi connectivity index (χ4v) is 14.4. The first-order valence-corrected chi connectivity index (χ1v) is 19.9. The lowest BCUT2D eigenvalue weighted by atomic mass is 9.41. The minimum absolute atomic E-state index is 0.00228. The first-order valence-electron chi connectivity index (χ1n) is 19.9. The molecule has 3 saturated heterocycles. The van der Waals surface area contributed by atoms with E-state index in [0.717, 1.165) is 57.7 Å². The van der Waals surface area contributed by atoms with Gasteiger partial charge in [-0.25, -0.2) is 0 Å². The van der Waals surface area contributed by atoms with Crippen molar-refractivity contribution in [3.63, 3.8) is 0 Å². The second-order valence-electron chi connectivity index (χ2n) is 20.0. The maximum absolute atomic E-state index is 12.7. The van der Waals surface area contributed by atoms with E-state index >= 15 is 0 Å². The van der Waals surface area contributed by atoms with E-state index in [1.807, 2.05) is 20.8 Å². The summed E-state index contributed by atoms with van der Waals surface area (Å²) in [7, 11) is 0. The van der Waals surface area contributed by atoms with Crippen LogP contribution in [0.2, 0.25) is 0 Å². The van der Waals surface area contributed by atoms with Gasteiger partial charge in [-0.2, -0.15) is 0 Å². The summed E-state index contributed by atoms with van der Waals surface area (Å²) in [6, 6.07) is 0.518. The van der Waals surface area contributed by atoms with Gasteiger partial charge in [0.1, 0.15) is 6.10 Å². The molecule has 0 aromatic heterocycles. The van der Waals surface area contributed by atoms with Gasteiger partial charge in [-0.3, -0.25) is 4.90 Å². The second-order valence-corrected chi connectivity index (χ2v) is 20.0. The molecule has 8 aliphatic rings. The van der Waals surface area contributed by atoms with Crippen LogP contribution in [0, 0.1) is 50.7 Å². The summed E-state index contributed by atoms with van der Waals surface area (Å²) < 4.78 is 31.9. The van der Waals surface area contributed by atoms with E-state index in [1.54, 1.807) is 0 Å². The van der Waals surface area contributed by atoms with Crippen molar-refractivity contribution in [2.24, 2.45) is 50.7 Å². The monoisotopic (exact) mass is 685 g/mol. The molecule has 8 nitrogen and oxygen atoms in total. The van der Waals surface area contributed by atoms with Crippen molar-refractivity contribution in [1.29, 1.82) is 0 Å². The minimum Gasteiger partial charge on any atom is -0.390 e. The third-order valence-electron chi connectivity index (χ3n) is 16.8. The predicted octanol–water partition coefficient (Wildman–Crippen LogP) is 5.97. The fourth-order valence-electron chi connectivity index (χ4n) is 14.4. The van der Waals surface area contributed by atoms with Gasteiger partial charge < -0.3 is 33.9 Å². The molecule has 2 spiro atoms. The minimum atomic E-state index is -1.07. The Hall–Kier alpha value is -0.580. The molecule has 8 fully saturated rings. The Balaban J connectivity index is 1.02. The Morgan fingerprint density at radius 1 is 1.04 bits per heavy atom. The number of hydrogen-bond donors (Lipinski definition) is 2. The number of aliphatic hydroxyl groups is 2. The maximum atomic E-state index is 12.7. The largest absolute Gasteiger partial charge is 0.390 e. The Morgan fingerprint density at radius 3 is 2.43 bits per heavy atom. The lowest BCUT2D eigenvalue weighted by molar-refractivity contribution is -0.256. The van der Waals surface area contributed by atoms with Crippen molar-refractivity contribution in [2.45, 2.75) is 155 Å². The standard InChI is InChI=1S/C41H67NO7/c1-24(2)20-47-35(37(6,7)44)27-18-25(3)32-33(48-27)34(43)39(9)29-11-10-28-36(4,5)30(49-31-19-42(16-17-46-31)26-21-45-22-26)12-13-40(28)23-41(29,40)15-14-38(32,39)8/h25-35,43-44H,1,10-23H2,2-9H3/t25-,27-,28+,29+,30+,31+,32+,33+,34+,35+,38-,39-,40-,41+/m1/s1. The molecule has 49 heavy (non-hydrogen) atoms. The summed E-state index contributed by atoms with van der Waals surface area (Å²) in [5.41, 5.74) is 0.361. The van der Waals surface area contributed by atoms with Gasteiger partial charge in [0.25, 0.3) is 0 Å². The van der Waals surface area contributed by atoms with Gasteiger partial charge in [0, 0.05) is 12.0 Å². The molecular weight excluding hydrogens is 618 g/mol. The highest BCUT2D eigenvalue weighted by molar-refractivity contribution is 5.33. The Labute approximate surface area is 296 Å². The van der Waals surface area contributed by atoms with E-state index < -0.39 is 17.8 Å². The van der Waals surface area contributed by atoms with Crippen LogP contribution in [0.3, 0.4) is 0 Å². The van der Waals surface area contributed by atoms with Crippen LogP contribution in [0.25, 0.3) is 0 Å². The summed E-state index contributed by atoms with van der Waals surface area (Å²) in [5.74, 6) is 1.77. The van der Waals surface area contributed by atoms with Crippen LogP contribution in [-0.4, -0.2) is 103 Å². The molecule has 3 aliphatic heterocycles. The van der Waals surface area contributed by atoms with Gasteiger partial charge in [-0.15, -0.1) is 0 Å². The van der Waals surface area contributed by atoms with E-state index in [9.17, 15) is 10.2 Å². The van der Waals surface area contributed by atoms with Crippen molar-refractivity contribution in [2.75, 3.05) is 39.5 Å². The van der Waals surface area contributed by atoms with Crippen molar-refractivity contribution < 1.29 is 33.9 Å². The Morgan fingerprint density at radius 2 is 1.76 bits per heavy atom. The number of nitrogens with zero attached hydrogens (tertiary/aromatic N) is 1. The van der Waals surface area contributed by atoms with Gasteiger partial charge in [0.05, 0.1) is 69.0 Å². The number of hydrogen-bond acceptors (Lipinski definition) is 8. The number of morpholine rings is 1. The molecule has 8 rings (SSSR count). The summed E-state index contributed by atoms with van der Waals surface area (Å²) in [4.78, 5) is 2.51. The van der Waals surface area contributed by atoms with Crippen LogP contribution in [0.5, 0.6) is 0 Å². The quantitative estimate of drug-likeness (QED) is 0.302. The molecule has 0 aromatic carbocycles. The van der Waals surface area contributed by atoms with E-state index in [4.69, 9.17) is 23.7 Å². The molecule has 0 unspecified atom stereocenters. The van der Waals surface area contributed by atoms with E-state index in [-0.39, 0.29) is 40.8 Å². The summed E-state index contributed by atoms with van der Waals surface area (Å²) in [6.45, 7) is 26.6. The Bertz CT molecular complexity index is 1290. The summed E-state index contributed by atoms with van der Waals surface area (Å²) in [5, 5.41) is 23.9. The molecular formula is C41H67NO7. The highest BCUT2D eigenvalue weighted by Crippen LogP contribution is 2.89. The van der Waals surface area contributed by atoms with E-state index in [0.29, 0.717) is 47.2 Å². The van der Waals surface area contributed by atoms with Crippen LogP contribution in [-0.2, 0) is 23.7 Å². The van der Waals surface area contributed by atoms with Crippen LogP contribution >= 0.6 is 0 Å². The SMILES string of the molecule is C=C(C)CO[C@@H]([C@H]1C[C@@H](C)[C@H]2[C@H](O1)[C@H](O)[C@@]1(C)[C@@H]3CC[C@H]4C(C)(C)[C@@H](O[C@H]5CN(C6COC6)CCO5)CC[C@@]45C[C@@]35CC[C@]21C)C(C)(C)O. The van der Waals surface area contributed by atoms with Gasteiger partial charge in [-0.1, -0.05) is 46.8 Å². The Kier molecular flexibility index (Phi) is 8.47. The highest BCUT2D eigenvalue weighted by Gasteiger charge is 2.84. The summed E-state index contributed by atoms with van der Waals surface area (Å²) >= 11 is 0. The fraction of sp³-hybridized carbons (Fsp3) is 0.951. The molecule has 8 heteroatoms. The normalized spacial score (nSPS) is 51.3. The third-order valence-corrected chi connectivity index (χ3v) is 16.8. The molecule has 5 saturated carbocycles. The van der Waals surface area contributed by atoms with Gasteiger partial charge in [0.2, 0.25) is 0 Å². The molecule has 0 bridgehead atoms. The molecule has 14 atom stereocenters.